The number of hydrogen-bond acceptors (Lipinski definition) is 5. The van der Waals surface area contributed by atoms with E-state index in [9.17, 15) is 0 Å². The third kappa shape index (κ3) is 3.15. The number of allylic oxidation sites excluding steroid dienone is 1. The van der Waals surface area contributed by atoms with Gasteiger partial charge in [0, 0.05) is 32.7 Å². The average Bonchev–Trinajstić information content (AvgIpc) is 3.02. The van der Waals surface area contributed by atoms with Gasteiger partial charge in [-0.2, -0.15) is 5.10 Å². The summed E-state index contributed by atoms with van der Waals surface area (Å²) in [6.45, 7) is 2.12. The minimum atomic E-state index is 0.772. The molecule has 23 heavy (non-hydrogen) atoms. The predicted octanol–water partition coefficient (Wildman–Crippen LogP) is 3.18. The number of pyridine rings is 1. The van der Waals surface area contributed by atoms with Crippen molar-refractivity contribution in [3.8, 4) is 0 Å². The van der Waals surface area contributed by atoms with Crippen LogP contribution in [0.4, 0.5) is 11.5 Å². The van der Waals surface area contributed by atoms with Gasteiger partial charge in [0.25, 0.3) is 0 Å². The molecule has 1 N–H and O–H groups in total. The first-order chi connectivity index (χ1) is 11.2. The molecular weight excluding hydrogens is 288 g/mol. The Labute approximate surface area is 135 Å². The van der Waals surface area contributed by atoms with Crippen molar-refractivity contribution in [2.45, 2.75) is 13.3 Å². The highest BCUT2D eigenvalue weighted by Gasteiger charge is 2.12. The second-order valence-corrected chi connectivity index (χ2v) is 5.37. The summed E-state index contributed by atoms with van der Waals surface area (Å²) in [6.07, 6.45) is 8.46. The minimum absolute atomic E-state index is 0.772. The highest BCUT2D eigenvalue weighted by Crippen LogP contribution is 2.24. The van der Waals surface area contributed by atoms with E-state index in [1.165, 1.54) is 0 Å². The van der Waals surface area contributed by atoms with Gasteiger partial charge in [-0.1, -0.05) is 19.1 Å². The van der Waals surface area contributed by atoms with E-state index in [0.717, 1.165) is 35.0 Å². The molecule has 0 aromatic carbocycles. The van der Waals surface area contributed by atoms with Crippen molar-refractivity contribution in [3.63, 3.8) is 0 Å². The van der Waals surface area contributed by atoms with Crippen molar-refractivity contribution in [1.82, 2.24) is 24.5 Å². The molecular formula is C17H20N6. The van der Waals surface area contributed by atoms with Gasteiger partial charge in [0.15, 0.2) is 5.65 Å². The summed E-state index contributed by atoms with van der Waals surface area (Å²) in [5.41, 5.74) is 3.62. The minimum Gasteiger partial charge on any atom is -0.376 e. The molecule has 3 aromatic heterocycles. The lowest BCUT2D eigenvalue weighted by atomic mass is 10.2. The second-order valence-electron chi connectivity index (χ2n) is 5.37. The molecule has 0 bridgehead atoms. The number of fused-ring (bicyclic) bond motifs is 1. The number of hydrogen-bond donors (Lipinski definition) is 1. The van der Waals surface area contributed by atoms with Gasteiger partial charge in [-0.25, -0.2) is 14.5 Å². The van der Waals surface area contributed by atoms with Crippen LogP contribution in [0.15, 0.2) is 48.9 Å². The normalized spacial score (nSPS) is 11.7. The molecule has 6 nitrogen and oxygen atoms in total. The number of nitrogens with zero attached hydrogens (tertiary/aromatic N) is 5. The Morgan fingerprint density at radius 2 is 2.13 bits per heavy atom. The van der Waals surface area contributed by atoms with Crippen molar-refractivity contribution in [1.29, 1.82) is 0 Å². The van der Waals surface area contributed by atoms with E-state index in [2.05, 4.69) is 38.3 Å². The fourth-order valence-electron chi connectivity index (χ4n) is 2.42. The first kappa shape index (κ1) is 15.0. The predicted molar refractivity (Wildman–Crippen MR) is 92.5 cm³/mol. The Balaban J connectivity index is 2.09. The molecule has 0 aliphatic rings. The van der Waals surface area contributed by atoms with Crippen LogP contribution in [0.5, 0.6) is 0 Å². The Morgan fingerprint density at radius 3 is 2.83 bits per heavy atom. The lowest BCUT2D eigenvalue weighted by Gasteiger charge is -2.18. The highest BCUT2D eigenvalue weighted by atomic mass is 15.3. The van der Waals surface area contributed by atoms with Crippen LogP contribution in [-0.4, -0.2) is 38.6 Å². The zero-order valence-electron chi connectivity index (χ0n) is 13.6. The number of anilines is 2. The van der Waals surface area contributed by atoms with E-state index in [4.69, 9.17) is 0 Å². The fraction of sp³-hybridized carbons (Fsp3) is 0.235. The molecule has 3 rings (SSSR count). The van der Waals surface area contributed by atoms with Gasteiger partial charge in [0.2, 0.25) is 0 Å². The third-order valence-electron chi connectivity index (χ3n) is 3.43. The van der Waals surface area contributed by atoms with Crippen molar-refractivity contribution in [3.05, 3.63) is 54.6 Å². The van der Waals surface area contributed by atoms with Gasteiger partial charge in [0.1, 0.15) is 11.5 Å². The van der Waals surface area contributed by atoms with E-state index in [1.54, 1.807) is 16.9 Å². The Hall–Kier alpha value is -2.89. The molecule has 118 valence electrons. The molecule has 6 heteroatoms. The first-order valence-electron chi connectivity index (χ1n) is 7.59. The number of imidazole rings is 1. The van der Waals surface area contributed by atoms with Gasteiger partial charge < -0.3 is 10.2 Å². The Morgan fingerprint density at radius 1 is 1.26 bits per heavy atom. The molecule has 0 fully saturated rings. The van der Waals surface area contributed by atoms with Crippen molar-refractivity contribution < 1.29 is 0 Å². The van der Waals surface area contributed by atoms with Gasteiger partial charge in [-0.05, 0) is 24.6 Å². The first-order valence-corrected chi connectivity index (χ1v) is 7.59. The fourth-order valence-corrected chi connectivity index (χ4v) is 2.42. The van der Waals surface area contributed by atoms with Crippen LogP contribution in [0.3, 0.4) is 0 Å². The van der Waals surface area contributed by atoms with Crippen LogP contribution in [0, 0.1) is 0 Å². The molecule has 0 aliphatic carbocycles. The molecule has 0 atom stereocenters. The second kappa shape index (κ2) is 6.48. The molecule has 3 aromatic rings. The zero-order valence-corrected chi connectivity index (χ0v) is 13.6. The summed E-state index contributed by atoms with van der Waals surface area (Å²) < 4.78 is 1.79. The standard InChI is InChI=1S/C17H20N6/c1-4-7-15(22(2)3)13-12-14(17-19-10-11-23(17)21-13)20-16-8-5-6-9-18-16/h5-12H,4H2,1-3H3,(H,18,20)/b15-7-. The summed E-state index contributed by atoms with van der Waals surface area (Å²) in [5, 5.41) is 7.99. The molecule has 0 radical (unpaired) electrons. The Kier molecular flexibility index (Phi) is 4.23. The maximum absolute atomic E-state index is 4.66. The smallest absolute Gasteiger partial charge is 0.177 e. The lowest BCUT2D eigenvalue weighted by molar-refractivity contribution is 0.584. The highest BCUT2D eigenvalue weighted by molar-refractivity contribution is 5.76. The molecule has 3 heterocycles. The van der Waals surface area contributed by atoms with Crippen LogP contribution >= 0.6 is 0 Å². The van der Waals surface area contributed by atoms with E-state index in [-0.39, 0.29) is 0 Å². The van der Waals surface area contributed by atoms with Crippen molar-refractivity contribution in [2.75, 3.05) is 19.4 Å². The Bertz CT molecular complexity index is 819. The molecule has 0 unspecified atom stereocenters. The van der Waals surface area contributed by atoms with Gasteiger partial charge >= 0.3 is 0 Å². The van der Waals surface area contributed by atoms with Crippen molar-refractivity contribution in [2.24, 2.45) is 0 Å². The number of aromatic nitrogens is 4. The summed E-state index contributed by atoms with van der Waals surface area (Å²) in [5.74, 6) is 0.778. The summed E-state index contributed by atoms with van der Waals surface area (Å²) >= 11 is 0. The molecule has 0 amide bonds. The summed E-state index contributed by atoms with van der Waals surface area (Å²) in [7, 11) is 4.04. The SMILES string of the molecule is CC/C=C(/c1cc(Nc2ccccn2)c2nccn2n1)N(C)C. The largest absolute Gasteiger partial charge is 0.376 e. The summed E-state index contributed by atoms with van der Waals surface area (Å²) in [6, 6.07) is 7.78. The molecule has 0 saturated heterocycles. The molecule has 0 spiro atoms. The number of rotatable bonds is 5. The van der Waals surface area contributed by atoms with E-state index in [1.807, 2.05) is 44.6 Å². The van der Waals surface area contributed by atoms with E-state index in [0.29, 0.717) is 0 Å². The van der Waals surface area contributed by atoms with Crippen LogP contribution in [0.25, 0.3) is 11.3 Å². The van der Waals surface area contributed by atoms with Crippen LogP contribution < -0.4 is 5.32 Å². The number of nitrogens with one attached hydrogen (secondary N) is 1. The summed E-state index contributed by atoms with van der Waals surface area (Å²) in [4.78, 5) is 10.8. The van der Waals surface area contributed by atoms with Gasteiger partial charge in [0.05, 0.1) is 11.4 Å². The molecule has 0 saturated carbocycles. The van der Waals surface area contributed by atoms with Crippen LogP contribution in [-0.2, 0) is 0 Å². The quantitative estimate of drug-likeness (QED) is 0.784. The zero-order chi connectivity index (χ0) is 16.2. The van der Waals surface area contributed by atoms with Crippen LogP contribution in [0.2, 0.25) is 0 Å². The monoisotopic (exact) mass is 308 g/mol. The van der Waals surface area contributed by atoms with Gasteiger partial charge in [-0.3, -0.25) is 0 Å². The van der Waals surface area contributed by atoms with E-state index < -0.39 is 0 Å². The maximum atomic E-state index is 4.66. The molecule has 0 aliphatic heterocycles. The van der Waals surface area contributed by atoms with Crippen molar-refractivity contribution >= 4 is 22.8 Å². The van der Waals surface area contributed by atoms with Crippen LogP contribution in [0.1, 0.15) is 19.0 Å². The third-order valence-corrected chi connectivity index (χ3v) is 3.43. The average molecular weight is 308 g/mol. The van der Waals surface area contributed by atoms with E-state index >= 15 is 0 Å². The topological polar surface area (TPSA) is 58.4 Å². The maximum Gasteiger partial charge on any atom is 0.177 e. The van der Waals surface area contributed by atoms with Gasteiger partial charge in [-0.15, -0.1) is 0 Å². The lowest BCUT2D eigenvalue weighted by Crippen LogP contribution is -2.13.